The van der Waals surface area contributed by atoms with Crippen molar-refractivity contribution < 1.29 is 13.5 Å². The summed E-state index contributed by atoms with van der Waals surface area (Å²) in [5, 5.41) is 9.90. The number of imidazole rings is 1. The average Bonchev–Trinajstić information content (AvgIpc) is 2.95. The number of nitrogens with zero attached hydrogens (tertiary/aromatic N) is 3. The number of rotatable bonds is 5. The summed E-state index contributed by atoms with van der Waals surface area (Å²) in [7, 11) is 0.152. The lowest BCUT2D eigenvalue weighted by molar-refractivity contribution is 0.188. The van der Waals surface area contributed by atoms with Crippen LogP contribution in [0.15, 0.2) is 11.2 Å². The molecule has 1 aliphatic rings. The Morgan fingerprint density at radius 2 is 2.25 bits per heavy atom. The first-order valence-electron chi connectivity index (χ1n) is 6.73. The van der Waals surface area contributed by atoms with Crippen LogP contribution in [0.1, 0.15) is 19.2 Å². The Balaban J connectivity index is 2.27. The summed E-state index contributed by atoms with van der Waals surface area (Å²) in [6, 6.07) is -0.210. The fourth-order valence-electron chi connectivity index (χ4n) is 2.52. The van der Waals surface area contributed by atoms with Gasteiger partial charge in [-0.15, -0.1) is 0 Å². The number of likely N-dealkylation sites (N-methyl/N-ethyl adjacent to an activating group) is 1. The van der Waals surface area contributed by atoms with Gasteiger partial charge in [-0.25, -0.2) is 13.4 Å². The Hall–Kier alpha value is -0.960. The van der Waals surface area contributed by atoms with Crippen molar-refractivity contribution in [2.24, 2.45) is 0 Å². The number of aromatic nitrogens is 2. The molecule has 1 aromatic rings. The highest BCUT2D eigenvalue weighted by atomic mass is 32.2. The molecule has 2 rings (SSSR count). The van der Waals surface area contributed by atoms with Crippen LogP contribution in [0.5, 0.6) is 0 Å². The first-order chi connectivity index (χ1) is 9.34. The molecule has 20 heavy (non-hydrogen) atoms. The van der Waals surface area contributed by atoms with Gasteiger partial charge in [0, 0.05) is 25.6 Å². The van der Waals surface area contributed by atoms with Gasteiger partial charge >= 0.3 is 0 Å². The van der Waals surface area contributed by atoms with E-state index in [0.29, 0.717) is 25.2 Å². The van der Waals surface area contributed by atoms with Gasteiger partial charge in [-0.1, -0.05) is 6.92 Å². The first kappa shape index (κ1) is 15.4. The van der Waals surface area contributed by atoms with E-state index in [-0.39, 0.29) is 17.6 Å². The molecular formula is C12H22N4O3S. The van der Waals surface area contributed by atoms with E-state index in [1.165, 1.54) is 10.5 Å². The Labute approximate surface area is 119 Å². The highest BCUT2D eigenvalue weighted by Crippen LogP contribution is 2.26. The molecule has 2 atom stereocenters. The van der Waals surface area contributed by atoms with E-state index >= 15 is 0 Å². The predicted octanol–water partition coefficient (Wildman–Crippen LogP) is -0.342. The van der Waals surface area contributed by atoms with Crippen LogP contribution in [0.25, 0.3) is 0 Å². The highest BCUT2D eigenvalue weighted by Gasteiger charge is 2.40. The Bertz CT molecular complexity index is 555. The molecule has 0 aliphatic carbocycles. The number of aromatic amines is 1. The van der Waals surface area contributed by atoms with Gasteiger partial charge < -0.3 is 15.0 Å². The zero-order chi connectivity index (χ0) is 14.9. The molecule has 1 saturated heterocycles. The fourth-order valence-corrected chi connectivity index (χ4v) is 4.12. The maximum absolute atomic E-state index is 12.6. The lowest BCUT2D eigenvalue weighted by atomic mass is 10.2. The van der Waals surface area contributed by atoms with Crippen LogP contribution in [-0.4, -0.2) is 72.0 Å². The molecular weight excluding hydrogens is 280 g/mol. The van der Waals surface area contributed by atoms with E-state index in [1.54, 1.807) is 0 Å². The number of nitrogens with one attached hydrogen (secondary N) is 1. The van der Waals surface area contributed by atoms with E-state index < -0.39 is 16.1 Å². The van der Waals surface area contributed by atoms with Gasteiger partial charge in [0.15, 0.2) is 5.03 Å². The third-order valence-corrected chi connectivity index (χ3v) is 5.27. The summed E-state index contributed by atoms with van der Waals surface area (Å²) in [4.78, 5) is 8.80. The van der Waals surface area contributed by atoms with Gasteiger partial charge in [0.2, 0.25) is 0 Å². The first-order valence-corrected chi connectivity index (χ1v) is 8.17. The monoisotopic (exact) mass is 302 g/mol. The summed E-state index contributed by atoms with van der Waals surface area (Å²) in [6.07, 6.45) is 1.86. The van der Waals surface area contributed by atoms with Crippen LogP contribution >= 0.6 is 0 Å². The third kappa shape index (κ3) is 3.03. The molecule has 0 radical (unpaired) electrons. The Morgan fingerprint density at radius 3 is 2.80 bits per heavy atom. The van der Waals surface area contributed by atoms with E-state index in [0.717, 1.165) is 0 Å². The van der Waals surface area contributed by atoms with Crippen molar-refractivity contribution in [1.29, 1.82) is 0 Å². The molecule has 0 saturated carbocycles. The van der Waals surface area contributed by atoms with Crippen molar-refractivity contribution in [3.63, 3.8) is 0 Å². The minimum atomic E-state index is -3.63. The lowest BCUT2D eigenvalue weighted by Gasteiger charge is -2.25. The summed E-state index contributed by atoms with van der Waals surface area (Å²) < 4.78 is 26.6. The van der Waals surface area contributed by atoms with Crippen molar-refractivity contribution in [3.05, 3.63) is 12.0 Å². The summed E-state index contributed by atoms with van der Waals surface area (Å²) in [5.74, 6) is 0.646. The van der Waals surface area contributed by atoms with E-state index in [9.17, 15) is 13.5 Å². The van der Waals surface area contributed by atoms with Gasteiger partial charge in [-0.2, -0.15) is 4.31 Å². The number of sulfonamides is 1. The molecule has 0 spiro atoms. The minimum Gasteiger partial charge on any atom is -0.392 e. The maximum atomic E-state index is 12.6. The quantitative estimate of drug-likeness (QED) is 0.776. The number of aryl methyl sites for hydroxylation is 1. The molecule has 0 bridgehead atoms. The predicted molar refractivity (Wildman–Crippen MR) is 74.8 cm³/mol. The summed E-state index contributed by atoms with van der Waals surface area (Å²) in [5.41, 5.74) is 0. The molecule has 1 aliphatic heterocycles. The van der Waals surface area contributed by atoms with Crippen LogP contribution in [0.3, 0.4) is 0 Å². The molecule has 1 aromatic heterocycles. The zero-order valence-corrected chi connectivity index (χ0v) is 12.9. The number of aliphatic hydroxyl groups excluding tert-OH is 1. The van der Waals surface area contributed by atoms with Crippen LogP contribution < -0.4 is 0 Å². The van der Waals surface area contributed by atoms with Gasteiger partial charge in [0.05, 0.1) is 12.3 Å². The summed E-state index contributed by atoms with van der Waals surface area (Å²) >= 11 is 0. The van der Waals surface area contributed by atoms with Crippen LogP contribution in [-0.2, 0) is 16.4 Å². The van der Waals surface area contributed by atoms with Crippen LogP contribution in [0.2, 0.25) is 0 Å². The van der Waals surface area contributed by atoms with Crippen LogP contribution in [0.4, 0.5) is 0 Å². The highest BCUT2D eigenvalue weighted by molar-refractivity contribution is 7.89. The molecule has 2 unspecified atom stereocenters. The van der Waals surface area contributed by atoms with Crippen molar-refractivity contribution in [2.75, 3.05) is 27.2 Å². The number of β-amino-alcohol motifs (C(OH)–C–C–N with tert-alkyl or cyclic N) is 1. The standard InChI is InChI=1S/C12H22N4O3S/c1-4-11-13-6-12(14-11)20(18,19)16-8-10(17)5-9(16)7-15(2)3/h6,9-10,17H,4-5,7-8H2,1-3H3,(H,13,14). The van der Waals surface area contributed by atoms with Crippen molar-refractivity contribution in [1.82, 2.24) is 19.2 Å². The number of hydrogen-bond donors (Lipinski definition) is 2. The number of hydrogen-bond acceptors (Lipinski definition) is 5. The average molecular weight is 302 g/mol. The SMILES string of the molecule is CCc1ncc(S(=O)(=O)N2CC(O)CC2CN(C)C)[nH]1. The van der Waals surface area contributed by atoms with E-state index in [1.807, 2.05) is 25.9 Å². The molecule has 8 heteroatoms. The second-order valence-electron chi connectivity index (χ2n) is 5.43. The normalized spacial score (nSPS) is 24.6. The number of H-pyrrole nitrogens is 1. The number of aliphatic hydroxyl groups is 1. The second-order valence-corrected chi connectivity index (χ2v) is 7.29. The third-order valence-electron chi connectivity index (χ3n) is 3.44. The smallest absolute Gasteiger partial charge is 0.260 e. The molecule has 0 amide bonds. The van der Waals surface area contributed by atoms with Crippen molar-refractivity contribution >= 4 is 10.0 Å². The van der Waals surface area contributed by atoms with Gasteiger partial charge in [0.25, 0.3) is 10.0 Å². The van der Waals surface area contributed by atoms with E-state index in [2.05, 4.69) is 9.97 Å². The Morgan fingerprint density at radius 1 is 1.55 bits per heavy atom. The van der Waals surface area contributed by atoms with Crippen LogP contribution in [0, 0.1) is 0 Å². The maximum Gasteiger partial charge on any atom is 0.260 e. The molecule has 114 valence electrons. The Kier molecular flexibility index (Phi) is 4.48. The molecule has 7 nitrogen and oxygen atoms in total. The molecule has 2 N–H and O–H groups in total. The molecule has 0 aromatic carbocycles. The van der Waals surface area contributed by atoms with E-state index in [4.69, 9.17) is 0 Å². The van der Waals surface area contributed by atoms with Gasteiger partial charge in [-0.05, 0) is 20.5 Å². The zero-order valence-electron chi connectivity index (χ0n) is 12.1. The van der Waals surface area contributed by atoms with Crippen molar-refractivity contribution in [3.8, 4) is 0 Å². The second kappa shape index (κ2) is 5.80. The van der Waals surface area contributed by atoms with Gasteiger partial charge in [-0.3, -0.25) is 0 Å². The van der Waals surface area contributed by atoms with Crippen molar-refractivity contribution in [2.45, 2.75) is 36.9 Å². The molecule has 2 heterocycles. The molecule has 1 fully saturated rings. The van der Waals surface area contributed by atoms with Gasteiger partial charge in [0.1, 0.15) is 5.82 Å². The fraction of sp³-hybridized carbons (Fsp3) is 0.750. The lowest BCUT2D eigenvalue weighted by Crippen LogP contribution is -2.41. The largest absolute Gasteiger partial charge is 0.392 e. The minimum absolute atomic E-state index is 0.104. The summed E-state index contributed by atoms with van der Waals surface area (Å²) in [6.45, 7) is 2.63. The topological polar surface area (TPSA) is 89.5 Å².